The number of aliphatic hydroxyl groups is 1. The van der Waals surface area contributed by atoms with Crippen LogP contribution in [0.1, 0.15) is 22.7 Å². The van der Waals surface area contributed by atoms with Crippen molar-refractivity contribution in [3.63, 3.8) is 0 Å². The maximum Gasteiger partial charge on any atom is 0.300 e. The van der Waals surface area contributed by atoms with Gasteiger partial charge in [-0.25, -0.2) is 0 Å². The zero-order valence-electron chi connectivity index (χ0n) is 18.0. The largest absolute Gasteiger partial charge is 0.507 e. The summed E-state index contributed by atoms with van der Waals surface area (Å²) in [7, 11) is 2.99. The molecule has 32 heavy (non-hydrogen) atoms. The minimum absolute atomic E-state index is 0.00370. The van der Waals surface area contributed by atoms with Crippen LogP contribution in [-0.2, 0) is 9.59 Å². The zero-order chi connectivity index (χ0) is 22.8. The number of methoxy groups -OCH3 is 2. The molecule has 1 atom stereocenters. The normalized spacial score (nSPS) is 17.5. The van der Waals surface area contributed by atoms with Crippen molar-refractivity contribution in [1.82, 2.24) is 0 Å². The lowest BCUT2D eigenvalue weighted by Crippen LogP contribution is -2.29. The molecule has 1 N–H and O–H groups in total. The Balaban J connectivity index is 2.00. The van der Waals surface area contributed by atoms with Gasteiger partial charge in [-0.1, -0.05) is 54.1 Å². The highest BCUT2D eigenvalue weighted by Crippen LogP contribution is 2.45. The Hall–Kier alpha value is -4.06. The highest BCUT2D eigenvalue weighted by Gasteiger charge is 2.47. The number of ketones is 1. The number of aryl methyl sites for hydroxylation is 1. The van der Waals surface area contributed by atoms with Crippen molar-refractivity contribution in [2.75, 3.05) is 19.1 Å². The summed E-state index contributed by atoms with van der Waals surface area (Å²) in [5.41, 5.74) is 2.36. The summed E-state index contributed by atoms with van der Waals surface area (Å²) in [6.07, 6.45) is 0. The van der Waals surface area contributed by atoms with Gasteiger partial charge in [0.2, 0.25) is 0 Å². The number of benzene rings is 3. The van der Waals surface area contributed by atoms with Gasteiger partial charge in [-0.2, -0.15) is 0 Å². The first-order valence-corrected chi connectivity index (χ1v) is 10.1. The molecule has 0 saturated carbocycles. The molecule has 1 amide bonds. The molecule has 6 heteroatoms. The third-order valence-electron chi connectivity index (χ3n) is 5.51. The van der Waals surface area contributed by atoms with Crippen molar-refractivity contribution in [2.24, 2.45) is 0 Å². The molecule has 1 aliphatic rings. The van der Waals surface area contributed by atoms with E-state index in [0.29, 0.717) is 28.3 Å². The van der Waals surface area contributed by atoms with Gasteiger partial charge >= 0.3 is 0 Å². The van der Waals surface area contributed by atoms with Gasteiger partial charge in [-0.3, -0.25) is 14.5 Å². The second-order valence-corrected chi connectivity index (χ2v) is 7.46. The average Bonchev–Trinajstić information content (AvgIpc) is 3.09. The standard InChI is InChI=1S/C26H23NO5/c1-16-13-14-20(31-2)18(15-16)24(28)22-23(17-9-5-4-6-10-17)27(26(30)25(22)29)19-11-7-8-12-21(19)32-3/h4-15,23,28H,1-3H3/b24-22+. The van der Waals surface area contributed by atoms with E-state index in [1.807, 2.05) is 43.3 Å². The number of para-hydroxylation sites is 2. The minimum Gasteiger partial charge on any atom is -0.507 e. The number of nitrogens with zero attached hydrogens (tertiary/aromatic N) is 1. The molecule has 1 fully saturated rings. The van der Waals surface area contributed by atoms with Gasteiger partial charge in [0.15, 0.2) is 0 Å². The SMILES string of the molecule is COc1ccc(C)cc1/C(O)=C1\C(=O)C(=O)N(c2ccccc2OC)C1c1ccccc1. The molecule has 3 aromatic carbocycles. The second kappa shape index (κ2) is 8.59. The first-order chi connectivity index (χ1) is 15.5. The number of Topliss-reactive ketones (excluding diaryl/α,β-unsaturated/α-hetero) is 1. The van der Waals surface area contributed by atoms with Crippen LogP contribution in [0.5, 0.6) is 11.5 Å². The van der Waals surface area contributed by atoms with E-state index in [-0.39, 0.29) is 11.3 Å². The Morgan fingerprint density at radius 1 is 0.875 bits per heavy atom. The molecule has 1 aliphatic heterocycles. The fourth-order valence-electron chi connectivity index (χ4n) is 4.01. The molecule has 0 spiro atoms. The molecule has 0 bridgehead atoms. The van der Waals surface area contributed by atoms with Crippen LogP contribution in [-0.4, -0.2) is 31.0 Å². The monoisotopic (exact) mass is 429 g/mol. The molecular weight excluding hydrogens is 406 g/mol. The molecular formula is C26H23NO5. The summed E-state index contributed by atoms with van der Waals surface area (Å²) in [5, 5.41) is 11.3. The summed E-state index contributed by atoms with van der Waals surface area (Å²) in [5.74, 6) is -0.940. The Morgan fingerprint density at radius 3 is 2.22 bits per heavy atom. The molecule has 1 saturated heterocycles. The number of hydrogen-bond acceptors (Lipinski definition) is 5. The van der Waals surface area contributed by atoms with Crippen molar-refractivity contribution in [3.8, 4) is 11.5 Å². The van der Waals surface area contributed by atoms with E-state index < -0.39 is 17.7 Å². The molecule has 0 aromatic heterocycles. The topological polar surface area (TPSA) is 76.1 Å². The Kier molecular flexibility index (Phi) is 5.69. The second-order valence-electron chi connectivity index (χ2n) is 7.46. The van der Waals surface area contributed by atoms with Crippen LogP contribution in [0.4, 0.5) is 5.69 Å². The lowest BCUT2D eigenvalue weighted by atomic mass is 9.94. The quantitative estimate of drug-likeness (QED) is 0.363. The zero-order valence-corrected chi connectivity index (χ0v) is 18.0. The number of aliphatic hydroxyl groups excluding tert-OH is 1. The van der Waals surface area contributed by atoms with E-state index >= 15 is 0 Å². The third-order valence-corrected chi connectivity index (χ3v) is 5.51. The van der Waals surface area contributed by atoms with Crippen molar-refractivity contribution < 1.29 is 24.2 Å². The van der Waals surface area contributed by atoms with Crippen LogP contribution in [0.25, 0.3) is 5.76 Å². The summed E-state index contributed by atoms with van der Waals surface area (Å²) < 4.78 is 10.9. The number of carbonyl (C=O) groups excluding carboxylic acids is 2. The maximum absolute atomic E-state index is 13.3. The molecule has 1 unspecified atom stereocenters. The van der Waals surface area contributed by atoms with Crippen LogP contribution in [0, 0.1) is 6.92 Å². The summed E-state index contributed by atoms with van der Waals surface area (Å²) >= 11 is 0. The summed E-state index contributed by atoms with van der Waals surface area (Å²) in [6.45, 7) is 1.87. The Morgan fingerprint density at radius 2 is 1.53 bits per heavy atom. The van der Waals surface area contributed by atoms with Gasteiger partial charge in [0.05, 0.1) is 37.1 Å². The minimum atomic E-state index is -0.835. The molecule has 3 aromatic rings. The molecule has 6 nitrogen and oxygen atoms in total. The Bertz CT molecular complexity index is 1220. The van der Waals surface area contributed by atoms with Gasteiger partial charge in [-0.15, -0.1) is 0 Å². The highest BCUT2D eigenvalue weighted by atomic mass is 16.5. The summed E-state index contributed by atoms with van der Waals surface area (Å²) in [4.78, 5) is 27.9. The molecule has 0 radical (unpaired) electrons. The van der Waals surface area contributed by atoms with Gasteiger partial charge in [0, 0.05) is 0 Å². The van der Waals surface area contributed by atoms with Crippen molar-refractivity contribution >= 4 is 23.1 Å². The number of rotatable bonds is 5. The number of carbonyl (C=O) groups is 2. The van der Waals surface area contributed by atoms with Crippen molar-refractivity contribution in [2.45, 2.75) is 13.0 Å². The van der Waals surface area contributed by atoms with Gasteiger partial charge in [-0.05, 0) is 36.8 Å². The average molecular weight is 429 g/mol. The smallest absolute Gasteiger partial charge is 0.300 e. The van der Waals surface area contributed by atoms with Crippen LogP contribution < -0.4 is 14.4 Å². The van der Waals surface area contributed by atoms with Gasteiger partial charge < -0.3 is 14.6 Å². The fraction of sp³-hybridized carbons (Fsp3) is 0.154. The lowest BCUT2D eigenvalue weighted by Gasteiger charge is -2.26. The van der Waals surface area contributed by atoms with E-state index in [4.69, 9.17) is 9.47 Å². The van der Waals surface area contributed by atoms with Crippen LogP contribution in [0.3, 0.4) is 0 Å². The molecule has 1 heterocycles. The van der Waals surface area contributed by atoms with Gasteiger partial charge in [0.25, 0.3) is 11.7 Å². The molecule has 0 aliphatic carbocycles. The van der Waals surface area contributed by atoms with Crippen LogP contribution in [0.15, 0.2) is 78.4 Å². The van der Waals surface area contributed by atoms with Crippen LogP contribution in [0.2, 0.25) is 0 Å². The molecule has 4 rings (SSSR count). The number of amides is 1. The van der Waals surface area contributed by atoms with E-state index in [1.54, 1.807) is 36.4 Å². The third kappa shape index (κ3) is 3.50. The maximum atomic E-state index is 13.3. The summed E-state index contributed by atoms with van der Waals surface area (Å²) in [6, 6.07) is 20.6. The molecule has 162 valence electrons. The van der Waals surface area contributed by atoms with Crippen molar-refractivity contribution in [1.29, 1.82) is 0 Å². The fourth-order valence-corrected chi connectivity index (χ4v) is 4.01. The predicted octanol–water partition coefficient (Wildman–Crippen LogP) is 4.64. The first-order valence-electron chi connectivity index (χ1n) is 10.1. The van der Waals surface area contributed by atoms with E-state index in [1.165, 1.54) is 19.1 Å². The predicted molar refractivity (Wildman–Crippen MR) is 122 cm³/mol. The van der Waals surface area contributed by atoms with E-state index in [9.17, 15) is 14.7 Å². The van der Waals surface area contributed by atoms with E-state index in [2.05, 4.69) is 0 Å². The van der Waals surface area contributed by atoms with Crippen molar-refractivity contribution in [3.05, 3.63) is 95.1 Å². The highest BCUT2D eigenvalue weighted by molar-refractivity contribution is 6.52. The lowest BCUT2D eigenvalue weighted by molar-refractivity contribution is -0.132. The number of anilines is 1. The van der Waals surface area contributed by atoms with E-state index in [0.717, 1.165) is 5.56 Å². The van der Waals surface area contributed by atoms with Crippen LogP contribution >= 0.6 is 0 Å². The Labute approximate surface area is 186 Å². The first kappa shape index (κ1) is 21.2. The van der Waals surface area contributed by atoms with Gasteiger partial charge in [0.1, 0.15) is 17.3 Å². The number of hydrogen-bond donors (Lipinski definition) is 1. The number of ether oxygens (including phenoxy) is 2.